The molecule has 0 radical (unpaired) electrons. The lowest BCUT2D eigenvalue weighted by Crippen LogP contribution is -2.20. The van der Waals surface area contributed by atoms with E-state index >= 15 is 0 Å². The summed E-state index contributed by atoms with van der Waals surface area (Å²) in [5.74, 6) is 1.39. The summed E-state index contributed by atoms with van der Waals surface area (Å²) in [6.45, 7) is 5.69. The van der Waals surface area contributed by atoms with Gasteiger partial charge in [-0.15, -0.1) is 11.3 Å². The Balaban J connectivity index is 1.62. The van der Waals surface area contributed by atoms with Crippen molar-refractivity contribution in [3.05, 3.63) is 27.8 Å². The van der Waals surface area contributed by atoms with Gasteiger partial charge in [-0.25, -0.2) is 4.98 Å². The average Bonchev–Trinajstić information content (AvgIpc) is 2.88. The first kappa shape index (κ1) is 12.2. The zero-order valence-electron chi connectivity index (χ0n) is 10.1. The van der Waals surface area contributed by atoms with Gasteiger partial charge < -0.3 is 9.84 Å². The second-order valence-electron chi connectivity index (χ2n) is 3.85. The molecule has 0 aliphatic carbocycles. The standard InChI is InChI=1S/C11H16N4OS/c1-8-10(17-7-13-8)3-5-12-6-4-11-14-9(2)15-16-11/h7,12H,3-6H2,1-2H3. The summed E-state index contributed by atoms with van der Waals surface area (Å²) in [6.07, 6.45) is 1.81. The summed E-state index contributed by atoms with van der Waals surface area (Å²) < 4.78 is 5.03. The molecule has 5 nitrogen and oxygen atoms in total. The van der Waals surface area contributed by atoms with E-state index in [9.17, 15) is 0 Å². The van der Waals surface area contributed by atoms with Crippen LogP contribution in [0.25, 0.3) is 0 Å². The zero-order valence-corrected chi connectivity index (χ0v) is 10.9. The maximum atomic E-state index is 5.03. The van der Waals surface area contributed by atoms with Gasteiger partial charge in [-0.05, 0) is 20.3 Å². The molecule has 17 heavy (non-hydrogen) atoms. The fourth-order valence-corrected chi connectivity index (χ4v) is 2.31. The van der Waals surface area contributed by atoms with E-state index in [2.05, 4.69) is 20.4 Å². The summed E-state index contributed by atoms with van der Waals surface area (Å²) in [4.78, 5) is 9.72. The van der Waals surface area contributed by atoms with Crippen molar-refractivity contribution in [1.29, 1.82) is 0 Å². The van der Waals surface area contributed by atoms with E-state index in [1.54, 1.807) is 11.3 Å². The molecule has 0 spiro atoms. The summed E-state index contributed by atoms with van der Waals surface area (Å²) in [6, 6.07) is 0. The minimum Gasteiger partial charge on any atom is -0.339 e. The summed E-state index contributed by atoms with van der Waals surface area (Å²) >= 11 is 1.72. The lowest BCUT2D eigenvalue weighted by molar-refractivity contribution is 0.372. The van der Waals surface area contributed by atoms with E-state index in [-0.39, 0.29) is 0 Å². The molecule has 0 amide bonds. The number of nitrogens with one attached hydrogen (secondary N) is 1. The molecule has 2 aromatic rings. The number of aromatic nitrogens is 3. The predicted octanol–water partition coefficient (Wildman–Crippen LogP) is 1.52. The molecule has 0 bridgehead atoms. The van der Waals surface area contributed by atoms with Crippen molar-refractivity contribution >= 4 is 11.3 Å². The molecule has 2 heterocycles. The van der Waals surface area contributed by atoms with E-state index < -0.39 is 0 Å². The molecule has 0 saturated heterocycles. The highest BCUT2D eigenvalue weighted by atomic mass is 32.1. The van der Waals surface area contributed by atoms with Gasteiger partial charge in [0.1, 0.15) is 0 Å². The van der Waals surface area contributed by atoms with Crippen molar-refractivity contribution in [2.75, 3.05) is 13.1 Å². The third-order valence-electron chi connectivity index (χ3n) is 2.46. The Morgan fingerprint density at radius 2 is 2.12 bits per heavy atom. The Hall–Kier alpha value is -1.27. The molecular weight excluding hydrogens is 236 g/mol. The number of aryl methyl sites for hydroxylation is 2. The number of rotatable bonds is 6. The van der Waals surface area contributed by atoms with Crippen molar-refractivity contribution < 1.29 is 4.52 Å². The molecule has 2 aromatic heterocycles. The first-order chi connectivity index (χ1) is 8.25. The van der Waals surface area contributed by atoms with E-state index in [0.29, 0.717) is 11.7 Å². The predicted molar refractivity (Wildman–Crippen MR) is 66.2 cm³/mol. The largest absolute Gasteiger partial charge is 0.339 e. The Morgan fingerprint density at radius 1 is 1.29 bits per heavy atom. The van der Waals surface area contributed by atoms with Crippen LogP contribution >= 0.6 is 11.3 Å². The fourth-order valence-electron chi connectivity index (χ4n) is 1.53. The highest BCUT2D eigenvalue weighted by Crippen LogP contribution is 2.11. The Labute approximate surface area is 104 Å². The Morgan fingerprint density at radius 3 is 2.76 bits per heavy atom. The van der Waals surface area contributed by atoms with Gasteiger partial charge in [-0.3, -0.25) is 0 Å². The molecule has 92 valence electrons. The lowest BCUT2D eigenvalue weighted by atomic mass is 10.3. The summed E-state index contributed by atoms with van der Waals surface area (Å²) in [7, 11) is 0. The minimum absolute atomic E-state index is 0.695. The Kier molecular flexibility index (Phi) is 4.22. The molecule has 2 rings (SSSR count). The molecule has 0 unspecified atom stereocenters. The van der Waals surface area contributed by atoms with Crippen LogP contribution in [0.2, 0.25) is 0 Å². The van der Waals surface area contributed by atoms with Crippen LogP contribution in [-0.4, -0.2) is 28.2 Å². The number of thiazole rings is 1. The van der Waals surface area contributed by atoms with E-state index in [1.807, 2.05) is 19.4 Å². The average molecular weight is 252 g/mol. The second-order valence-corrected chi connectivity index (χ2v) is 4.79. The van der Waals surface area contributed by atoms with Crippen LogP contribution in [0, 0.1) is 13.8 Å². The molecule has 0 aliphatic heterocycles. The van der Waals surface area contributed by atoms with Crippen LogP contribution < -0.4 is 5.32 Å². The smallest absolute Gasteiger partial charge is 0.227 e. The topological polar surface area (TPSA) is 63.8 Å². The zero-order chi connectivity index (χ0) is 12.1. The molecule has 0 saturated carbocycles. The van der Waals surface area contributed by atoms with Crippen LogP contribution in [0.15, 0.2) is 10.0 Å². The van der Waals surface area contributed by atoms with Gasteiger partial charge in [0.05, 0.1) is 11.2 Å². The van der Waals surface area contributed by atoms with Crippen molar-refractivity contribution in [3.8, 4) is 0 Å². The molecule has 0 aromatic carbocycles. The molecule has 0 fully saturated rings. The van der Waals surface area contributed by atoms with Crippen LogP contribution in [0.5, 0.6) is 0 Å². The molecule has 6 heteroatoms. The lowest BCUT2D eigenvalue weighted by Gasteiger charge is -2.01. The third-order valence-corrected chi connectivity index (χ3v) is 3.45. The van der Waals surface area contributed by atoms with E-state index in [0.717, 1.165) is 31.6 Å². The fraction of sp³-hybridized carbons (Fsp3) is 0.545. The van der Waals surface area contributed by atoms with Gasteiger partial charge in [-0.2, -0.15) is 4.98 Å². The van der Waals surface area contributed by atoms with E-state index in [4.69, 9.17) is 4.52 Å². The monoisotopic (exact) mass is 252 g/mol. The number of hydrogen-bond acceptors (Lipinski definition) is 6. The van der Waals surface area contributed by atoms with Crippen LogP contribution in [0.1, 0.15) is 22.3 Å². The molecule has 1 N–H and O–H groups in total. The van der Waals surface area contributed by atoms with Gasteiger partial charge >= 0.3 is 0 Å². The molecular formula is C11H16N4OS. The van der Waals surface area contributed by atoms with Gasteiger partial charge in [0, 0.05) is 24.4 Å². The quantitative estimate of drug-likeness (QED) is 0.790. The normalized spacial score (nSPS) is 10.9. The van der Waals surface area contributed by atoms with Gasteiger partial charge in [0.25, 0.3) is 0 Å². The van der Waals surface area contributed by atoms with Crippen molar-refractivity contribution in [2.24, 2.45) is 0 Å². The SMILES string of the molecule is Cc1noc(CCNCCc2scnc2C)n1. The highest BCUT2D eigenvalue weighted by molar-refractivity contribution is 7.09. The van der Waals surface area contributed by atoms with Crippen molar-refractivity contribution in [1.82, 2.24) is 20.4 Å². The first-order valence-corrected chi connectivity index (χ1v) is 6.52. The second kappa shape index (κ2) is 5.88. The molecule has 0 aliphatic rings. The van der Waals surface area contributed by atoms with Crippen molar-refractivity contribution in [2.45, 2.75) is 26.7 Å². The number of nitrogens with zero attached hydrogens (tertiary/aromatic N) is 3. The Bertz CT molecular complexity index is 465. The molecule has 0 atom stereocenters. The maximum absolute atomic E-state index is 5.03. The first-order valence-electron chi connectivity index (χ1n) is 5.64. The highest BCUT2D eigenvalue weighted by Gasteiger charge is 2.03. The summed E-state index contributed by atoms with van der Waals surface area (Å²) in [5, 5.41) is 7.11. The van der Waals surface area contributed by atoms with Gasteiger partial charge in [-0.1, -0.05) is 5.16 Å². The van der Waals surface area contributed by atoms with Crippen LogP contribution in [0.4, 0.5) is 0 Å². The number of hydrogen-bond donors (Lipinski definition) is 1. The minimum atomic E-state index is 0.695. The van der Waals surface area contributed by atoms with E-state index in [1.165, 1.54) is 4.88 Å². The van der Waals surface area contributed by atoms with Crippen molar-refractivity contribution in [3.63, 3.8) is 0 Å². The van der Waals surface area contributed by atoms with Gasteiger partial charge in [0.2, 0.25) is 5.89 Å². The maximum Gasteiger partial charge on any atom is 0.227 e. The van der Waals surface area contributed by atoms with Crippen LogP contribution in [0.3, 0.4) is 0 Å². The summed E-state index contributed by atoms with van der Waals surface area (Å²) in [5.41, 5.74) is 3.04. The van der Waals surface area contributed by atoms with Crippen LogP contribution in [-0.2, 0) is 12.8 Å². The third kappa shape index (κ3) is 3.61. The van der Waals surface area contributed by atoms with Gasteiger partial charge in [0.15, 0.2) is 5.82 Å².